The Bertz CT molecular complexity index is 279. The molecule has 0 amide bonds. The Balaban J connectivity index is 2.14. The maximum absolute atomic E-state index is 5.94. The Morgan fingerprint density at radius 1 is 1.08 bits per heavy atom. The number of benzene rings is 1. The van der Waals surface area contributed by atoms with Gasteiger partial charge >= 0.3 is 0 Å². The second kappa shape index (κ2) is 4.01. The van der Waals surface area contributed by atoms with Crippen molar-refractivity contribution < 1.29 is 0 Å². The predicted molar refractivity (Wildman–Crippen MR) is 57.5 cm³/mol. The lowest BCUT2D eigenvalue weighted by Crippen LogP contribution is -2.29. The van der Waals surface area contributed by atoms with Gasteiger partial charge < -0.3 is 4.90 Å². The van der Waals surface area contributed by atoms with Gasteiger partial charge in [-0.25, -0.2) is 0 Å². The minimum absolute atomic E-state index is 0.836. The van der Waals surface area contributed by atoms with E-state index in [1.54, 1.807) is 0 Å². The summed E-state index contributed by atoms with van der Waals surface area (Å²) in [6.07, 6.45) is 4.00. The van der Waals surface area contributed by atoms with Gasteiger partial charge in [0.2, 0.25) is 0 Å². The molecule has 13 heavy (non-hydrogen) atoms. The first-order valence-corrected chi connectivity index (χ1v) is 5.24. The molecule has 1 aliphatic heterocycles. The van der Waals surface area contributed by atoms with Crippen molar-refractivity contribution in [1.29, 1.82) is 0 Å². The molecule has 1 saturated heterocycles. The molecule has 2 heteroatoms. The lowest BCUT2D eigenvalue weighted by molar-refractivity contribution is 0.578. The zero-order valence-electron chi connectivity index (χ0n) is 7.67. The fourth-order valence-corrected chi connectivity index (χ4v) is 2.01. The first kappa shape index (κ1) is 8.89. The molecule has 0 saturated carbocycles. The number of anilines is 1. The molecule has 70 valence electrons. The van der Waals surface area contributed by atoms with Crippen LogP contribution in [-0.2, 0) is 0 Å². The third kappa shape index (κ3) is 2.16. The summed E-state index contributed by atoms with van der Waals surface area (Å²) in [5.41, 5.74) is 1.27. The molecule has 0 atom stereocenters. The van der Waals surface area contributed by atoms with Crippen molar-refractivity contribution in [2.45, 2.75) is 19.3 Å². The predicted octanol–water partition coefficient (Wildman–Crippen LogP) is 3.33. The summed E-state index contributed by atoms with van der Waals surface area (Å²) in [5, 5.41) is 0.836. The second-order valence-electron chi connectivity index (χ2n) is 3.53. The minimum atomic E-state index is 0.836. The van der Waals surface area contributed by atoms with Gasteiger partial charge in [-0.1, -0.05) is 17.7 Å². The molecular weight excluding hydrogens is 182 g/mol. The van der Waals surface area contributed by atoms with Crippen LogP contribution in [0, 0.1) is 0 Å². The highest BCUT2D eigenvalue weighted by atomic mass is 35.5. The topological polar surface area (TPSA) is 3.24 Å². The van der Waals surface area contributed by atoms with E-state index in [0.29, 0.717) is 0 Å². The fraction of sp³-hybridized carbons (Fsp3) is 0.455. The molecule has 2 rings (SSSR count). The van der Waals surface area contributed by atoms with Crippen LogP contribution in [0.2, 0.25) is 5.02 Å². The van der Waals surface area contributed by atoms with E-state index in [2.05, 4.69) is 11.0 Å². The van der Waals surface area contributed by atoms with Crippen molar-refractivity contribution in [2.75, 3.05) is 18.0 Å². The van der Waals surface area contributed by atoms with Gasteiger partial charge in [0.1, 0.15) is 0 Å². The van der Waals surface area contributed by atoms with Crippen molar-refractivity contribution >= 4 is 17.3 Å². The van der Waals surface area contributed by atoms with E-state index in [9.17, 15) is 0 Å². The number of nitrogens with zero attached hydrogens (tertiary/aromatic N) is 1. The molecule has 0 spiro atoms. The zero-order chi connectivity index (χ0) is 9.10. The zero-order valence-corrected chi connectivity index (χ0v) is 8.43. The fourth-order valence-electron chi connectivity index (χ4n) is 1.82. The first-order valence-electron chi connectivity index (χ1n) is 4.87. The summed E-state index contributed by atoms with van der Waals surface area (Å²) in [7, 11) is 0. The van der Waals surface area contributed by atoms with Crippen molar-refractivity contribution in [3.63, 3.8) is 0 Å². The average molecular weight is 196 g/mol. The Hall–Kier alpha value is -0.690. The van der Waals surface area contributed by atoms with Crippen LogP contribution in [0.1, 0.15) is 19.3 Å². The van der Waals surface area contributed by atoms with E-state index in [-0.39, 0.29) is 0 Å². The smallest absolute Gasteiger partial charge is 0.0426 e. The van der Waals surface area contributed by atoms with Crippen molar-refractivity contribution in [1.82, 2.24) is 0 Å². The molecule has 0 radical (unpaired) electrons. The van der Waals surface area contributed by atoms with Crippen LogP contribution in [0.4, 0.5) is 5.69 Å². The van der Waals surface area contributed by atoms with E-state index in [1.165, 1.54) is 38.0 Å². The van der Waals surface area contributed by atoms with Crippen molar-refractivity contribution in [3.8, 4) is 0 Å². The maximum atomic E-state index is 5.94. The minimum Gasteiger partial charge on any atom is -0.371 e. The van der Waals surface area contributed by atoms with Gasteiger partial charge in [0, 0.05) is 23.8 Å². The standard InChI is InChI=1S/C11H14ClN/c12-10-5-4-6-11(9-10)13-7-2-1-3-8-13/h4-6,9H,1-3,7-8H2. The van der Waals surface area contributed by atoms with E-state index in [0.717, 1.165) is 5.02 Å². The normalized spacial score (nSPS) is 17.5. The molecule has 1 aromatic carbocycles. The quantitative estimate of drug-likeness (QED) is 0.665. The molecule has 1 aliphatic rings. The van der Waals surface area contributed by atoms with Gasteiger partial charge in [0.25, 0.3) is 0 Å². The van der Waals surface area contributed by atoms with Crippen LogP contribution in [0.3, 0.4) is 0 Å². The maximum Gasteiger partial charge on any atom is 0.0426 e. The van der Waals surface area contributed by atoms with Gasteiger partial charge in [-0.2, -0.15) is 0 Å². The molecule has 1 nitrogen and oxygen atoms in total. The molecule has 0 unspecified atom stereocenters. The Morgan fingerprint density at radius 2 is 1.85 bits per heavy atom. The van der Waals surface area contributed by atoms with E-state index in [1.807, 2.05) is 18.2 Å². The van der Waals surface area contributed by atoms with Crippen molar-refractivity contribution in [3.05, 3.63) is 29.3 Å². The number of halogens is 1. The summed E-state index contributed by atoms with van der Waals surface area (Å²) in [6.45, 7) is 2.36. The van der Waals surface area contributed by atoms with Gasteiger partial charge in [0.15, 0.2) is 0 Å². The van der Waals surface area contributed by atoms with Crippen molar-refractivity contribution in [2.24, 2.45) is 0 Å². The summed E-state index contributed by atoms with van der Waals surface area (Å²) < 4.78 is 0. The third-order valence-electron chi connectivity index (χ3n) is 2.53. The third-order valence-corrected chi connectivity index (χ3v) is 2.76. The highest BCUT2D eigenvalue weighted by Gasteiger charge is 2.10. The van der Waals surface area contributed by atoms with E-state index >= 15 is 0 Å². The number of hydrogen-bond donors (Lipinski definition) is 0. The van der Waals surface area contributed by atoms with Gasteiger partial charge in [-0.05, 0) is 37.5 Å². The first-order chi connectivity index (χ1) is 6.36. The van der Waals surface area contributed by atoms with Gasteiger partial charge in [-0.3, -0.25) is 0 Å². The highest BCUT2D eigenvalue weighted by molar-refractivity contribution is 6.30. The molecule has 1 heterocycles. The largest absolute Gasteiger partial charge is 0.371 e. The van der Waals surface area contributed by atoms with Crippen LogP contribution >= 0.6 is 11.6 Å². The molecule has 0 N–H and O–H groups in total. The van der Waals surface area contributed by atoms with Crippen LogP contribution in [-0.4, -0.2) is 13.1 Å². The summed E-state index contributed by atoms with van der Waals surface area (Å²) in [5.74, 6) is 0. The van der Waals surface area contributed by atoms with Crippen LogP contribution in [0.15, 0.2) is 24.3 Å². The summed E-state index contributed by atoms with van der Waals surface area (Å²) in [4.78, 5) is 2.41. The van der Waals surface area contributed by atoms with Crippen LogP contribution in [0.25, 0.3) is 0 Å². The van der Waals surface area contributed by atoms with Gasteiger partial charge in [-0.15, -0.1) is 0 Å². The molecule has 1 fully saturated rings. The molecular formula is C11H14ClN. The Labute approximate surface area is 84.3 Å². The second-order valence-corrected chi connectivity index (χ2v) is 3.96. The molecule has 1 aromatic rings. The summed E-state index contributed by atoms with van der Waals surface area (Å²) in [6, 6.07) is 8.13. The lowest BCUT2D eigenvalue weighted by Gasteiger charge is -2.28. The van der Waals surface area contributed by atoms with E-state index in [4.69, 9.17) is 11.6 Å². The Kier molecular flexibility index (Phi) is 2.74. The van der Waals surface area contributed by atoms with Crippen LogP contribution in [0.5, 0.6) is 0 Å². The molecule has 0 aliphatic carbocycles. The number of hydrogen-bond acceptors (Lipinski definition) is 1. The Morgan fingerprint density at radius 3 is 2.54 bits per heavy atom. The monoisotopic (exact) mass is 195 g/mol. The molecule has 0 aromatic heterocycles. The highest BCUT2D eigenvalue weighted by Crippen LogP contribution is 2.22. The average Bonchev–Trinajstić information content (AvgIpc) is 2.19. The SMILES string of the molecule is Clc1cccc(N2CCCCC2)c1. The number of piperidine rings is 1. The van der Waals surface area contributed by atoms with Crippen LogP contribution < -0.4 is 4.90 Å². The number of rotatable bonds is 1. The lowest BCUT2D eigenvalue weighted by atomic mass is 10.1. The van der Waals surface area contributed by atoms with E-state index < -0.39 is 0 Å². The van der Waals surface area contributed by atoms with Gasteiger partial charge in [0.05, 0.1) is 0 Å². The summed E-state index contributed by atoms with van der Waals surface area (Å²) >= 11 is 5.94. The molecule has 0 bridgehead atoms.